The number of fused-ring (bicyclic) bond motifs is 5. The Morgan fingerprint density at radius 2 is 1.21 bits per heavy atom. The summed E-state index contributed by atoms with van der Waals surface area (Å²) in [4.78, 5) is 0. The van der Waals surface area contributed by atoms with Gasteiger partial charge < -0.3 is 0 Å². The average molecular weight is 248 g/mol. The van der Waals surface area contributed by atoms with Crippen LogP contribution < -0.4 is 0 Å². The molecule has 0 atom stereocenters. The zero-order chi connectivity index (χ0) is 13.0. The first-order chi connectivity index (χ1) is 9.21. The fourth-order valence-corrected chi connectivity index (χ4v) is 4.26. The molecule has 0 aromatic heterocycles. The maximum absolute atomic E-state index is 2.39. The predicted octanol–water partition coefficient (Wildman–Crippen LogP) is 5.14. The van der Waals surface area contributed by atoms with Crippen LogP contribution in [0, 0.1) is 13.8 Å². The maximum atomic E-state index is 2.39. The monoisotopic (exact) mass is 248 g/mol. The summed E-state index contributed by atoms with van der Waals surface area (Å²) in [6.07, 6.45) is 5.42. The molecule has 0 aliphatic heterocycles. The first-order valence-corrected chi connectivity index (χ1v) is 7.43. The van der Waals surface area contributed by atoms with Gasteiger partial charge in [-0.3, -0.25) is 0 Å². The van der Waals surface area contributed by atoms with Crippen LogP contribution in [0.15, 0.2) is 36.4 Å². The van der Waals surface area contributed by atoms with E-state index in [4.69, 9.17) is 0 Å². The molecule has 96 valence electrons. The number of aryl methyl sites for hydroxylation is 2. The standard InChI is InChI=1S/C19H20/c1-13-5-7-17-15(11-13)16-12-14(2)6-8-18(16)19(17)9-3-4-10-19/h5-8,11-12H,3-4,9-10H2,1-2H3. The number of benzene rings is 2. The van der Waals surface area contributed by atoms with Gasteiger partial charge in [0.25, 0.3) is 0 Å². The molecule has 1 spiro atoms. The molecule has 0 amide bonds. The van der Waals surface area contributed by atoms with Gasteiger partial charge in [0.05, 0.1) is 0 Å². The lowest BCUT2D eigenvalue weighted by molar-refractivity contribution is 0.550. The zero-order valence-electron chi connectivity index (χ0n) is 11.8. The van der Waals surface area contributed by atoms with Crippen LogP contribution in [-0.4, -0.2) is 0 Å². The van der Waals surface area contributed by atoms with E-state index in [1.165, 1.54) is 47.9 Å². The summed E-state index contributed by atoms with van der Waals surface area (Å²) < 4.78 is 0. The van der Waals surface area contributed by atoms with Crippen molar-refractivity contribution in [3.8, 4) is 11.1 Å². The lowest BCUT2D eigenvalue weighted by atomic mass is 9.76. The molecule has 0 bridgehead atoms. The van der Waals surface area contributed by atoms with Crippen molar-refractivity contribution in [2.75, 3.05) is 0 Å². The van der Waals surface area contributed by atoms with Crippen molar-refractivity contribution in [1.82, 2.24) is 0 Å². The van der Waals surface area contributed by atoms with E-state index in [9.17, 15) is 0 Å². The Balaban J connectivity index is 2.07. The van der Waals surface area contributed by atoms with E-state index in [1.807, 2.05) is 0 Å². The van der Waals surface area contributed by atoms with E-state index >= 15 is 0 Å². The quantitative estimate of drug-likeness (QED) is 0.605. The van der Waals surface area contributed by atoms with Gasteiger partial charge in [0.15, 0.2) is 0 Å². The minimum Gasteiger partial charge on any atom is -0.0590 e. The highest BCUT2D eigenvalue weighted by molar-refractivity contribution is 5.82. The summed E-state index contributed by atoms with van der Waals surface area (Å²) in [6.45, 7) is 4.41. The smallest absolute Gasteiger partial charge is 0.0215 e. The molecule has 19 heavy (non-hydrogen) atoms. The average Bonchev–Trinajstić information content (AvgIpc) is 2.97. The maximum Gasteiger partial charge on any atom is 0.0215 e. The zero-order valence-corrected chi connectivity index (χ0v) is 11.8. The second kappa shape index (κ2) is 3.72. The summed E-state index contributed by atoms with van der Waals surface area (Å²) in [7, 11) is 0. The fourth-order valence-electron chi connectivity index (χ4n) is 4.26. The van der Waals surface area contributed by atoms with Gasteiger partial charge in [-0.25, -0.2) is 0 Å². The molecule has 0 heterocycles. The van der Waals surface area contributed by atoms with E-state index in [2.05, 4.69) is 50.2 Å². The van der Waals surface area contributed by atoms with Crippen molar-refractivity contribution in [2.45, 2.75) is 44.9 Å². The largest absolute Gasteiger partial charge is 0.0590 e. The van der Waals surface area contributed by atoms with Crippen molar-refractivity contribution in [2.24, 2.45) is 0 Å². The van der Waals surface area contributed by atoms with E-state index in [0.717, 1.165) is 0 Å². The second-order valence-electron chi connectivity index (χ2n) is 6.39. The van der Waals surface area contributed by atoms with Crippen LogP contribution in [0.5, 0.6) is 0 Å². The van der Waals surface area contributed by atoms with Gasteiger partial charge in [0.2, 0.25) is 0 Å². The lowest BCUT2D eigenvalue weighted by Crippen LogP contribution is -2.20. The fraction of sp³-hybridized carbons (Fsp3) is 0.368. The lowest BCUT2D eigenvalue weighted by Gasteiger charge is -2.26. The molecule has 0 heteroatoms. The van der Waals surface area contributed by atoms with E-state index in [1.54, 1.807) is 11.1 Å². The Bertz CT molecular complexity index is 604. The van der Waals surface area contributed by atoms with Gasteiger partial charge in [-0.1, -0.05) is 60.4 Å². The van der Waals surface area contributed by atoms with Gasteiger partial charge in [-0.05, 0) is 48.9 Å². The van der Waals surface area contributed by atoms with Gasteiger partial charge in [0.1, 0.15) is 0 Å². The third kappa shape index (κ3) is 1.40. The van der Waals surface area contributed by atoms with Crippen LogP contribution in [0.4, 0.5) is 0 Å². The number of hydrogen-bond donors (Lipinski definition) is 0. The molecule has 4 rings (SSSR count). The van der Waals surface area contributed by atoms with Crippen molar-refractivity contribution in [3.05, 3.63) is 58.7 Å². The normalized spacial score (nSPS) is 18.6. The topological polar surface area (TPSA) is 0 Å². The van der Waals surface area contributed by atoms with Crippen molar-refractivity contribution < 1.29 is 0 Å². The molecule has 2 aromatic rings. The summed E-state index contributed by atoms with van der Waals surface area (Å²) >= 11 is 0. The SMILES string of the molecule is Cc1ccc2c(c1)-c1cc(C)ccc1C21CCCC1. The molecule has 2 aromatic carbocycles. The number of hydrogen-bond acceptors (Lipinski definition) is 0. The Morgan fingerprint density at radius 3 is 1.68 bits per heavy atom. The molecule has 0 radical (unpaired) electrons. The molecule has 1 fully saturated rings. The Morgan fingerprint density at radius 1 is 0.737 bits per heavy atom. The van der Waals surface area contributed by atoms with Crippen LogP contribution in [0.25, 0.3) is 11.1 Å². The predicted molar refractivity (Wildman–Crippen MR) is 80.6 cm³/mol. The molecule has 0 N–H and O–H groups in total. The molecule has 1 saturated carbocycles. The van der Waals surface area contributed by atoms with Crippen molar-refractivity contribution in [3.63, 3.8) is 0 Å². The first-order valence-electron chi connectivity index (χ1n) is 7.43. The molecular formula is C19H20. The van der Waals surface area contributed by atoms with Gasteiger partial charge >= 0.3 is 0 Å². The summed E-state index contributed by atoms with van der Waals surface area (Å²) in [5.74, 6) is 0. The summed E-state index contributed by atoms with van der Waals surface area (Å²) in [5, 5.41) is 0. The highest BCUT2D eigenvalue weighted by Gasteiger charge is 2.44. The minimum absolute atomic E-state index is 0.339. The molecule has 2 aliphatic rings. The van der Waals surface area contributed by atoms with E-state index < -0.39 is 0 Å². The highest BCUT2D eigenvalue weighted by atomic mass is 14.5. The van der Waals surface area contributed by atoms with E-state index in [-0.39, 0.29) is 0 Å². The third-order valence-electron chi connectivity index (χ3n) is 5.13. The van der Waals surface area contributed by atoms with Crippen LogP contribution in [-0.2, 0) is 5.41 Å². The third-order valence-corrected chi connectivity index (χ3v) is 5.13. The molecule has 0 saturated heterocycles. The Kier molecular flexibility index (Phi) is 2.21. The molecule has 0 nitrogen and oxygen atoms in total. The Labute approximate surface area is 115 Å². The van der Waals surface area contributed by atoms with E-state index in [0.29, 0.717) is 5.41 Å². The summed E-state index contributed by atoms with van der Waals surface area (Å²) in [6, 6.07) is 14.1. The van der Waals surface area contributed by atoms with Crippen LogP contribution in [0.2, 0.25) is 0 Å². The van der Waals surface area contributed by atoms with Crippen molar-refractivity contribution >= 4 is 0 Å². The van der Waals surface area contributed by atoms with Crippen LogP contribution in [0.3, 0.4) is 0 Å². The number of rotatable bonds is 0. The second-order valence-corrected chi connectivity index (χ2v) is 6.39. The minimum atomic E-state index is 0.339. The first kappa shape index (κ1) is 11.3. The summed E-state index contributed by atoms with van der Waals surface area (Å²) in [5.41, 5.74) is 9.28. The van der Waals surface area contributed by atoms with Gasteiger partial charge in [0, 0.05) is 5.41 Å². The van der Waals surface area contributed by atoms with Crippen LogP contribution in [0.1, 0.15) is 47.9 Å². The molecular weight excluding hydrogens is 228 g/mol. The molecule has 0 unspecified atom stereocenters. The van der Waals surface area contributed by atoms with Crippen LogP contribution >= 0.6 is 0 Å². The Hall–Kier alpha value is -1.56. The highest BCUT2D eigenvalue weighted by Crippen LogP contribution is 2.56. The van der Waals surface area contributed by atoms with Gasteiger partial charge in [-0.15, -0.1) is 0 Å². The van der Waals surface area contributed by atoms with Gasteiger partial charge in [-0.2, -0.15) is 0 Å². The molecule has 2 aliphatic carbocycles. The van der Waals surface area contributed by atoms with Crippen molar-refractivity contribution in [1.29, 1.82) is 0 Å².